The molecular formula is C14H8BrClN2O2. The van der Waals surface area contributed by atoms with Crippen LogP contribution in [-0.4, -0.2) is 5.91 Å². The number of amides is 1. The molecule has 2 rings (SSSR count). The smallest absolute Gasteiger partial charge is 0.266 e. The minimum Gasteiger partial charge on any atom is -0.450 e. The zero-order valence-corrected chi connectivity index (χ0v) is 12.4. The molecule has 0 spiro atoms. The zero-order chi connectivity index (χ0) is 14.5. The van der Waals surface area contributed by atoms with E-state index in [0.717, 1.165) is 0 Å². The Balaban J connectivity index is 2.16. The van der Waals surface area contributed by atoms with Gasteiger partial charge in [-0.2, -0.15) is 5.26 Å². The molecule has 0 saturated heterocycles. The van der Waals surface area contributed by atoms with Gasteiger partial charge in [0.25, 0.3) is 5.91 Å². The number of carbonyl (C=O) groups excluding carboxylic acids is 1. The highest BCUT2D eigenvalue weighted by Crippen LogP contribution is 2.18. The van der Waals surface area contributed by atoms with Gasteiger partial charge in [0.1, 0.15) is 17.4 Å². The molecule has 0 atom stereocenters. The molecule has 0 aliphatic heterocycles. The predicted octanol–water partition coefficient (Wildman–Crippen LogP) is 4.24. The molecular weight excluding hydrogens is 344 g/mol. The number of nitrogens with zero attached hydrogens (tertiary/aromatic N) is 1. The average molecular weight is 352 g/mol. The largest absolute Gasteiger partial charge is 0.450 e. The maximum absolute atomic E-state index is 12.0. The van der Waals surface area contributed by atoms with E-state index in [9.17, 15) is 4.79 Å². The molecule has 1 N–H and O–H groups in total. The summed E-state index contributed by atoms with van der Waals surface area (Å²) in [6.45, 7) is 0. The lowest BCUT2D eigenvalue weighted by Crippen LogP contribution is -2.13. The Morgan fingerprint density at radius 2 is 2.00 bits per heavy atom. The zero-order valence-electron chi connectivity index (χ0n) is 10.1. The minimum atomic E-state index is -0.512. The van der Waals surface area contributed by atoms with Gasteiger partial charge < -0.3 is 9.73 Å². The van der Waals surface area contributed by atoms with E-state index in [1.165, 1.54) is 6.08 Å². The van der Waals surface area contributed by atoms with E-state index in [-0.39, 0.29) is 5.57 Å². The third kappa shape index (κ3) is 3.73. The summed E-state index contributed by atoms with van der Waals surface area (Å²) < 4.78 is 5.75. The van der Waals surface area contributed by atoms with Crippen LogP contribution in [0.4, 0.5) is 5.69 Å². The van der Waals surface area contributed by atoms with Crippen LogP contribution in [0.3, 0.4) is 0 Å². The van der Waals surface area contributed by atoms with Gasteiger partial charge in [-0.15, -0.1) is 0 Å². The summed E-state index contributed by atoms with van der Waals surface area (Å²) in [6, 6.07) is 11.8. The maximum atomic E-state index is 12.0. The molecule has 2 aromatic rings. The normalized spacial score (nSPS) is 10.9. The number of hydrogen-bond acceptors (Lipinski definition) is 3. The summed E-state index contributed by atoms with van der Waals surface area (Å²) in [5, 5.41) is 12.2. The Kier molecular flexibility index (Phi) is 4.61. The number of carbonyl (C=O) groups is 1. The monoisotopic (exact) mass is 350 g/mol. The van der Waals surface area contributed by atoms with Gasteiger partial charge in [-0.05, 0) is 52.3 Å². The second-order valence-corrected chi connectivity index (χ2v) is 4.99. The summed E-state index contributed by atoms with van der Waals surface area (Å²) in [6.07, 6.45) is 1.37. The van der Waals surface area contributed by atoms with Crippen LogP contribution in [-0.2, 0) is 4.79 Å². The lowest BCUT2D eigenvalue weighted by atomic mass is 10.2. The third-order valence-electron chi connectivity index (χ3n) is 2.35. The molecule has 100 valence electrons. The topological polar surface area (TPSA) is 66.0 Å². The molecule has 0 aliphatic carbocycles. The first-order valence-corrected chi connectivity index (χ1v) is 6.69. The first-order chi connectivity index (χ1) is 9.58. The Morgan fingerprint density at radius 1 is 1.30 bits per heavy atom. The number of nitrogens with one attached hydrogen (secondary N) is 1. The number of benzene rings is 1. The van der Waals surface area contributed by atoms with E-state index in [4.69, 9.17) is 21.3 Å². The molecule has 1 aromatic heterocycles. The highest BCUT2D eigenvalue weighted by molar-refractivity contribution is 9.10. The molecule has 0 bridgehead atoms. The minimum absolute atomic E-state index is 0.0539. The molecule has 0 unspecified atom stereocenters. The van der Waals surface area contributed by atoms with Crippen molar-refractivity contribution in [3.8, 4) is 6.07 Å². The van der Waals surface area contributed by atoms with E-state index in [1.54, 1.807) is 36.4 Å². The fourth-order valence-corrected chi connectivity index (χ4v) is 1.87. The summed E-state index contributed by atoms with van der Waals surface area (Å²) in [5.74, 6) is -0.0953. The van der Waals surface area contributed by atoms with Crippen molar-refractivity contribution in [3.05, 3.63) is 57.4 Å². The number of nitriles is 1. The van der Waals surface area contributed by atoms with Crippen molar-refractivity contribution in [2.24, 2.45) is 0 Å². The molecule has 20 heavy (non-hydrogen) atoms. The van der Waals surface area contributed by atoms with Crippen molar-refractivity contribution in [1.82, 2.24) is 0 Å². The van der Waals surface area contributed by atoms with E-state index in [1.807, 2.05) is 6.07 Å². The molecule has 0 fully saturated rings. The quantitative estimate of drug-likeness (QED) is 0.664. The van der Waals surface area contributed by atoms with Gasteiger partial charge >= 0.3 is 0 Å². The molecule has 4 nitrogen and oxygen atoms in total. The van der Waals surface area contributed by atoms with Crippen LogP contribution in [0.25, 0.3) is 6.08 Å². The Hall–Kier alpha value is -2.03. The van der Waals surface area contributed by atoms with Crippen LogP contribution in [0.1, 0.15) is 5.76 Å². The Morgan fingerprint density at radius 3 is 2.55 bits per heavy atom. The second-order valence-electron chi connectivity index (χ2n) is 3.77. The highest BCUT2D eigenvalue weighted by Gasteiger charge is 2.10. The van der Waals surface area contributed by atoms with Gasteiger partial charge in [-0.25, -0.2) is 0 Å². The van der Waals surface area contributed by atoms with Crippen LogP contribution in [0, 0.1) is 11.3 Å². The Bertz CT molecular complexity index is 699. The van der Waals surface area contributed by atoms with E-state index < -0.39 is 5.91 Å². The SMILES string of the molecule is N#CC(=Cc1ccc(Br)o1)C(=O)Nc1ccc(Cl)cc1. The molecule has 0 saturated carbocycles. The maximum Gasteiger partial charge on any atom is 0.266 e. The second kappa shape index (κ2) is 6.42. The Labute approximate surface area is 128 Å². The van der Waals surface area contributed by atoms with E-state index in [0.29, 0.717) is 21.1 Å². The van der Waals surface area contributed by atoms with Gasteiger partial charge in [0.15, 0.2) is 4.67 Å². The van der Waals surface area contributed by atoms with Crippen molar-refractivity contribution < 1.29 is 9.21 Å². The molecule has 0 aliphatic rings. The molecule has 1 heterocycles. The van der Waals surface area contributed by atoms with Crippen LogP contribution < -0.4 is 5.32 Å². The molecule has 0 radical (unpaired) electrons. The fraction of sp³-hybridized carbons (Fsp3) is 0. The summed E-state index contributed by atoms with van der Waals surface area (Å²) in [7, 11) is 0. The predicted molar refractivity (Wildman–Crippen MR) is 80.1 cm³/mol. The third-order valence-corrected chi connectivity index (χ3v) is 3.03. The number of rotatable bonds is 3. The van der Waals surface area contributed by atoms with Crippen LogP contribution >= 0.6 is 27.5 Å². The van der Waals surface area contributed by atoms with Gasteiger partial charge in [-0.3, -0.25) is 4.79 Å². The van der Waals surface area contributed by atoms with Crippen molar-refractivity contribution in [1.29, 1.82) is 5.26 Å². The lowest BCUT2D eigenvalue weighted by molar-refractivity contribution is -0.112. The van der Waals surface area contributed by atoms with E-state index in [2.05, 4.69) is 21.2 Å². The lowest BCUT2D eigenvalue weighted by Gasteiger charge is -2.03. The molecule has 1 aromatic carbocycles. The highest BCUT2D eigenvalue weighted by atomic mass is 79.9. The standard InChI is InChI=1S/C14H8BrClN2O2/c15-13-6-5-12(20-13)7-9(8-17)14(19)18-11-3-1-10(16)2-4-11/h1-7H,(H,18,19). The number of hydrogen-bond donors (Lipinski definition) is 1. The molecule has 6 heteroatoms. The number of anilines is 1. The summed E-state index contributed by atoms with van der Waals surface area (Å²) >= 11 is 8.90. The number of halogens is 2. The first kappa shape index (κ1) is 14.4. The van der Waals surface area contributed by atoms with Crippen LogP contribution in [0.5, 0.6) is 0 Å². The van der Waals surface area contributed by atoms with Crippen molar-refractivity contribution in [3.63, 3.8) is 0 Å². The van der Waals surface area contributed by atoms with Crippen molar-refractivity contribution >= 4 is 45.2 Å². The first-order valence-electron chi connectivity index (χ1n) is 5.52. The van der Waals surface area contributed by atoms with Crippen LogP contribution in [0.15, 0.2) is 51.1 Å². The van der Waals surface area contributed by atoms with Crippen molar-refractivity contribution in [2.75, 3.05) is 5.32 Å². The van der Waals surface area contributed by atoms with Gasteiger partial charge in [-0.1, -0.05) is 11.6 Å². The average Bonchev–Trinajstić information content (AvgIpc) is 2.84. The fourth-order valence-electron chi connectivity index (χ4n) is 1.43. The van der Waals surface area contributed by atoms with Gasteiger partial charge in [0, 0.05) is 16.8 Å². The summed E-state index contributed by atoms with van der Waals surface area (Å²) in [5.41, 5.74) is 0.503. The van der Waals surface area contributed by atoms with Gasteiger partial charge in [0.2, 0.25) is 0 Å². The number of furan rings is 1. The van der Waals surface area contributed by atoms with Gasteiger partial charge in [0.05, 0.1) is 0 Å². The molecule has 1 amide bonds. The van der Waals surface area contributed by atoms with Crippen LogP contribution in [0.2, 0.25) is 5.02 Å². The van der Waals surface area contributed by atoms with Crippen molar-refractivity contribution in [2.45, 2.75) is 0 Å². The van der Waals surface area contributed by atoms with E-state index >= 15 is 0 Å². The summed E-state index contributed by atoms with van der Waals surface area (Å²) in [4.78, 5) is 12.0.